The molecule has 11 heteroatoms. The van der Waals surface area contributed by atoms with E-state index in [1.165, 1.54) is 19.2 Å². The van der Waals surface area contributed by atoms with Gasteiger partial charge in [-0.2, -0.15) is 0 Å². The monoisotopic (exact) mass is 540 g/mol. The van der Waals surface area contributed by atoms with Crippen molar-refractivity contribution in [2.75, 3.05) is 20.3 Å². The summed E-state index contributed by atoms with van der Waals surface area (Å²) in [6.45, 7) is 2.41. The number of phenolic OH excluding ortho intramolecular Hbond substituents is 1. The molecule has 1 fully saturated rings. The van der Waals surface area contributed by atoms with Gasteiger partial charge in [0.25, 0.3) is 0 Å². The van der Waals surface area contributed by atoms with E-state index in [2.05, 4.69) is 5.32 Å². The summed E-state index contributed by atoms with van der Waals surface area (Å²) in [5.41, 5.74) is 1.44. The molecular weight excluding hydrogens is 512 g/mol. The number of aromatic hydroxyl groups is 1. The maximum atomic E-state index is 13.7. The first-order valence-electron chi connectivity index (χ1n) is 12.4. The zero-order valence-electron chi connectivity index (χ0n) is 21.0. The van der Waals surface area contributed by atoms with E-state index in [-0.39, 0.29) is 47.7 Å². The molecule has 0 radical (unpaired) electrons. The van der Waals surface area contributed by atoms with Crippen LogP contribution in [0.5, 0.6) is 11.5 Å². The number of carbonyl (C=O) groups excluding carboxylic acids is 2. The van der Waals surface area contributed by atoms with Gasteiger partial charge in [0.1, 0.15) is 6.61 Å². The SMILES string of the molecule is COc1cc([C@@H]2C(C(=O)OC[C@@H]3CCCO3)=C(C)NC3=C2C(=O)C[C@@H](c2cccs2)C3)cc([N+](=O)[O-])c1O. The van der Waals surface area contributed by atoms with Gasteiger partial charge in [-0.15, -0.1) is 11.3 Å². The highest BCUT2D eigenvalue weighted by atomic mass is 32.1. The Labute approximate surface area is 223 Å². The van der Waals surface area contributed by atoms with Crippen LogP contribution in [0.2, 0.25) is 0 Å². The molecule has 5 rings (SSSR count). The Morgan fingerprint density at radius 2 is 2.16 bits per heavy atom. The number of rotatable bonds is 7. The summed E-state index contributed by atoms with van der Waals surface area (Å²) < 4.78 is 16.4. The third kappa shape index (κ3) is 4.79. The minimum atomic E-state index is -0.937. The second-order valence-corrected chi connectivity index (χ2v) is 10.6. The van der Waals surface area contributed by atoms with Crippen LogP contribution in [0.4, 0.5) is 5.69 Å². The molecule has 0 saturated carbocycles. The van der Waals surface area contributed by atoms with Gasteiger partial charge in [-0.25, -0.2) is 4.79 Å². The molecule has 2 aliphatic heterocycles. The predicted octanol–water partition coefficient (Wildman–Crippen LogP) is 4.45. The van der Waals surface area contributed by atoms with E-state index in [0.717, 1.165) is 17.7 Å². The van der Waals surface area contributed by atoms with Gasteiger partial charge in [0, 0.05) is 52.8 Å². The molecule has 38 heavy (non-hydrogen) atoms. The number of methoxy groups -OCH3 is 1. The van der Waals surface area contributed by atoms with Crippen LogP contribution in [0.3, 0.4) is 0 Å². The van der Waals surface area contributed by atoms with Crippen LogP contribution in [-0.2, 0) is 19.1 Å². The number of allylic oxidation sites excluding steroid dienone is 3. The van der Waals surface area contributed by atoms with E-state index in [4.69, 9.17) is 14.2 Å². The molecule has 1 aromatic heterocycles. The Morgan fingerprint density at radius 3 is 2.82 bits per heavy atom. The number of phenols is 1. The maximum absolute atomic E-state index is 13.7. The average Bonchev–Trinajstić information content (AvgIpc) is 3.61. The highest BCUT2D eigenvalue weighted by molar-refractivity contribution is 7.10. The van der Waals surface area contributed by atoms with Crippen molar-refractivity contribution < 1.29 is 33.8 Å². The second kappa shape index (κ2) is 10.6. The molecule has 0 bridgehead atoms. The molecule has 200 valence electrons. The van der Waals surface area contributed by atoms with Crippen molar-refractivity contribution in [1.82, 2.24) is 5.32 Å². The van der Waals surface area contributed by atoms with Gasteiger partial charge >= 0.3 is 11.7 Å². The lowest BCUT2D eigenvalue weighted by molar-refractivity contribution is -0.386. The van der Waals surface area contributed by atoms with Crippen molar-refractivity contribution >= 4 is 28.8 Å². The highest BCUT2D eigenvalue weighted by Gasteiger charge is 2.43. The maximum Gasteiger partial charge on any atom is 0.336 e. The molecule has 10 nitrogen and oxygen atoms in total. The molecule has 1 aliphatic carbocycles. The topological polar surface area (TPSA) is 137 Å². The van der Waals surface area contributed by atoms with Crippen LogP contribution in [0.25, 0.3) is 0 Å². The summed E-state index contributed by atoms with van der Waals surface area (Å²) in [5, 5.41) is 27.4. The van der Waals surface area contributed by atoms with Crippen molar-refractivity contribution in [3.05, 3.63) is 72.7 Å². The van der Waals surface area contributed by atoms with Crippen molar-refractivity contribution in [1.29, 1.82) is 0 Å². The van der Waals surface area contributed by atoms with Crippen LogP contribution < -0.4 is 10.1 Å². The van der Waals surface area contributed by atoms with Crippen molar-refractivity contribution in [3.63, 3.8) is 0 Å². The number of thiophene rings is 1. The number of Topliss-reactive ketones (excluding diaryl/α,β-unsaturated/α-hetero) is 1. The van der Waals surface area contributed by atoms with Crippen LogP contribution in [0, 0.1) is 10.1 Å². The number of nitro groups is 1. The second-order valence-electron chi connectivity index (χ2n) is 9.61. The van der Waals surface area contributed by atoms with Gasteiger partial charge in [-0.3, -0.25) is 14.9 Å². The molecular formula is C27H28N2O8S. The number of carbonyl (C=O) groups is 2. The summed E-state index contributed by atoms with van der Waals surface area (Å²) in [6, 6.07) is 6.57. The van der Waals surface area contributed by atoms with Crippen LogP contribution >= 0.6 is 11.3 Å². The van der Waals surface area contributed by atoms with E-state index >= 15 is 0 Å². The van der Waals surface area contributed by atoms with E-state index < -0.39 is 28.2 Å². The average molecular weight is 541 g/mol. The number of hydrogen-bond acceptors (Lipinski definition) is 10. The summed E-state index contributed by atoms with van der Waals surface area (Å²) >= 11 is 1.58. The van der Waals surface area contributed by atoms with Gasteiger partial charge in [0.2, 0.25) is 5.75 Å². The number of nitrogens with one attached hydrogen (secondary N) is 1. The molecule has 0 unspecified atom stereocenters. The van der Waals surface area contributed by atoms with E-state index in [1.54, 1.807) is 18.3 Å². The lowest BCUT2D eigenvalue weighted by Crippen LogP contribution is -2.36. The first-order chi connectivity index (χ1) is 18.3. The smallest absolute Gasteiger partial charge is 0.336 e. The van der Waals surface area contributed by atoms with E-state index in [1.807, 2.05) is 17.5 Å². The molecule has 2 aromatic rings. The fourth-order valence-electron chi connectivity index (χ4n) is 5.47. The first-order valence-corrected chi connectivity index (χ1v) is 13.3. The number of esters is 1. The van der Waals surface area contributed by atoms with Gasteiger partial charge in [0.05, 0.1) is 23.7 Å². The van der Waals surface area contributed by atoms with Gasteiger partial charge in [-0.1, -0.05) is 6.07 Å². The summed E-state index contributed by atoms with van der Waals surface area (Å²) in [4.78, 5) is 39.3. The van der Waals surface area contributed by atoms with Crippen molar-refractivity contribution in [2.24, 2.45) is 0 Å². The minimum Gasteiger partial charge on any atom is -0.500 e. The Kier molecular flexibility index (Phi) is 7.22. The largest absolute Gasteiger partial charge is 0.500 e. The van der Waals surface area contributed by atoms with Gasteiger partial charge < -0.3 is 24.6 Å². The molecule has 3 atom stereocenters. The van der Waals surface area contributed by atoms with Crippen LogP contribution in [-0.4, -0.2) is 48.2 Å². The number of dihydropyridines is 1. The Bertz CT molecular complexity index is 1340. The predicted molar refractivity (Wildman–Crippen MR) is 138 cm³/mol. The molecule has 3 heterocycles. The quantitative estimate of drug-likeness (QED) is 0.296. The summed E-state index contributed by atoms with van der Waals surface area (Å²) in [5.74, 6) is -2.49. The zero-order valence-corrected chi connectivity index (χ0v) is 21.8. The Balaban J connectivity index is 1.60. The third-order valence-electron chi connectivity index (χ3n) is 7.24. The molecule has 0 spiro atoms. The highest BCUT2D eigenvalue weighted by Crippen LogP contribution is 2.49. The Morgan fingerprint density at radius 1 is 1.34 bits per heavy atom. The van der Waals surface area contributed by atoms with Crippen molar-refractivity contribution in [2.45, 2.75) is 50.5 Å². The fourth-order valence-corrected chi connectivity index (χ4v) is 6.30. The molecule has 0 amide bonds. The molecule has 2 N–H and O–H groups in total. The number of hydrogen-bond donors (Lipinski definition) is 2. The standard InChI is InChI=1S/C27H28N2O8S/c1-14-23(27(32)37-13-17-5-3-7-36-17)24(16-10-19(29(33)34)26(31)21(12-16)35-2)25-18(28-14)9-15(11-20(25)30)22-6-4-8-38-22/h4,6,8,10,12,15,17,24,28,31H,3,5,7,9,11,13H2,1-2H3/t15-,17-,24+/m0/s1. The molecule has 1 aromatic carbocycles. The number of ketones is 1. The summed E-state index contributed by atoms with van der Waals surface area (Å²) in [6.07, 6.45) is 2.27. The summed E-state index contributed by atoms with van der Waals surface area (Å²) in [7, 11) is 1.28. The number of benzene rings is 1. The van der Waals surface area contributed by atoms with Gasteiger partial charge in [-0.05, 0) is 49.3 Å². The number of nitrogens with zero attached hydrogens (tertiary/aromatic N) is 1. The Hall–Kier alpha value is -3.70. The number of ether oxygens (including phenoxy) is 3. The molecule has 1 saturated heterocycles. The lowest BCUT2D eigenvalue weighted by atomic mass is 9.72. The fraction of sp³-hybridized carbons (Fsp3) is 0.407. The van der Waals surface area contributed by atoms with Crippen molar-refractivity contribution in [3.8, 4) is 11.5 Å². The minimum absolute atomic E-state index is 0.0149. The third-order valence-corrected chi connectivity index (χ3v) is 8.28. The normalized spacial score (nSPS) is 23.2. The number of nitro benzene ring substituents is 1. The van der Waals surface area contributed by atoms with Gasteiger partial charge in [0.15, 0.2) is 11.5 Å². The van der Waals surface area contributed by atoms with E-state index in [9.17, 15) is 24.8 Å². The lowest BCUT2D eigenvalue weighted by Gasteiger charge is -2.36. The van der Waals surface area contributed by atoms with E-state index in [0.29, 0.717) is 30.0 Å². The molecule has 3 aliphatic rings. The first kappa shape index (κ1) is 25.9. The van der Waals surface area contributed by atoms with Crippen LogP contribution in [0.1, 0.15) is 54.9 Å². The van der Waals surface area contributed by atoms with Crippen LogP contribution in [0.15, 0.2) is 52.2 Å². The zero-order chi connectivity index (χ0) is 27.0.